The topological polar surface area (TPSA) is 115 Å². The summed E-state index contributed by atoms with van der Waals surface area (Å²) in [5.74, 6) is 1.49. The number of carbonyl (C=O) groups excluding carboxylic acids is 2. The number of thioether (sulfide) groups is 1. The van der Waals surface area contributed by atoms with Crippen molar-refractivity contribution in [2.75, 3.05) is 39.0 Å². The van der Waals surface area contributed by atoms with Crippen LogP contribution in [0.25, 0.3) is 5.69 Å². The number of rotatable bonds is 10. The van der Waals surface area contributed by atoms with Gasteiger partial charge in [0.25, 0.3) is 0 Å². The van der Waals surface area contributed by atoms with E-state index in [1.165, 1.54) is 11.8 Å². The van der Waals surface area contributed by atoms with Crippen molar-refractivity contribution in [1.29, 1.82) is 0 Å². The van der Waals surface area contributed by atoms with Crippen molar-refractivity contribution >= 4 is 23.6 Å². The van der Waals surface area contributed by atoms with Gasteiger partial charge in [-0.15, -0.1) is 10.2 Å². The highest BCUT2D eigenvalue weighted by molar-refractivity contribution is 7.99. The molecule has 9 nitrogen and oxygen atoms in total. The van der Waals surface area contributed by atoms with E-state index in [9.17, 15) is 9.59 Å². The van der Waals surface area contributed by atoms with Crippen LogP contribution in [0.4, 0.5) is 0 Å². The minimum absolute atomic E-state index is 0.0411. The lowest BCUT2D eigenvalue weighted by Crippen LogP contribution is -2.42. The van der Waals surface area contributed by atoms with Gasteiger partial charge in [0, 0.05) is 18.8 Å². The fourth-order valence-corrected chi connectivity index (χ4v) is 4.49. The smallest absolute Gasteiger partial charge is 0.230 e. The van der Waals surface area contributed by atoms with E-state index in [1.54, 1.807) is 7.11 Å². The number of aryl methyl sites for hydroxylation is 1. The largest absolute Gasteiger partial charge is 0.497 e. The van der Waals surface area contributed by atoms with Crippen LogP contribution in [0.2, 0.25) is 0 Å². The molecule has 1 atom stereocenters. The van der Waals surface area contributed by atoms with Crippen LogP contribution in [0.3, 0.4) is 0 Å². The fourth-order valence-electron chi connectivity index (χ4n) is 3.67. The van der Waals surface area contributed by atoms with Crippen LogP contribution in [-0.4, -0.2) is 70.5 Å². The standard InChI is InChI=1S/C21H30N6O3S/c1-15-24-25-21(27(15)17-6-8-18(30-2)9-7-17)31-14-19(28)23-10-4-12-26-11-3-5-16(13-26)20(22)29/h6-9,16H,3-5,10-14H2,1-2H3,(H2,22,29)(H,23,28). The quantitative estimate of drug-likeness (QED) is 0.418. The van der Waals surface area contributed by atoms with E-state index < -0.39 is 0 Å². The highest BCUT2D eigenvalue weighted by Crippen LogP contribution is 2.23. The summed E-state index contributed by atoms with van der Waals surface area (Å²) in [6.07, 6.45) is 2.70. The van der Waals surface area contributed by atoms with Gasteiger partial charge in [0.15, 0.2) is 5.16 Å². The molecule has 0 saturated carbocycles. The molecule has 3 rings (SSSR count). The molecule has 0 spiro atoms. The van der Waals surface area contributed by atoms with Crippen LogP contribution in [0.5, 0.6) is 5.75 Å². The van der Waals surface area contributed by atoms with Gasteiger partial charge in [0.1, 0.15) is 11.6 Å². The number of aromatic nitrogens is 3. The van der Waals surface area contributed by atoms with Crippen molar-refractivity contribution in [3.05, 3.63) is 30.1 Å². The lowest BCUT2D eigenvalue weighted by atomic mass is 9.97. The molecule has 1 aliphatic heterocycles. The monoisotopic (exact) mass is 446 g/mol. The number of benzene rings is 1. The Balaban J connectivity index is 1.42. The second-order valence-corrected chi connectivity index (χ2v) is 8.54. The number of methoxy groups -OCH3 is 1. The van der Waals surface area contributed by atoms with Crippen molar-refractivity contribution in [1.82, 2.24) is 25.0 Å². The van der Waals surface area contributed by atoms with E-state index in [-0.39, 0.29) is 23.5 Å². The summed E-state index contributed by atoms with van der Waals surface area (Å²) in [5, 5.41) is 12.0. The lowest BCUT2D eigenvalue weighted by Gasteiger charge is -2.31. The average molecular weight is 447 g/mol. The van der Waals surface area contributed by atoms with Crippen LogP contribution >= 0.6 is 11.8 Å². The summed E-state index contributed by atoms with van der Waals surface area (Å²) in [4.78, 5) is 25.9. The lowest BCUT2D eigenvalue weighted by molar-refractivity contribution is -0.123. The van der Waals surface area contributed by atoms with E-state index in [2.05, 4.69) is 20.4 Å². The Morgan fingerprint density at radius 2 is 2.06 bits per heavy atom. The highest BCUT2D eigenvalue weighted by atomic mass is 32.2. The van der Waals surface area contributed by atoms with Gasteiger partial charge in [-0.05, 0) is 63.5 Å². The molecule has 10 heteroatoms. The number of carbonyl (C=O) groups is 2. The van der Waals surface area contributed by atoms with Crippen molar-refractivity contribution in [3.8, 4) is 11.4 Å². The fraction of sp³-hybridized carbons (Fsp3) is 0.524. The van der Waals surface area contributed by atoms with Crippen LogP contribution in [-0.2, 0) is 9.59 Å². The summed E-state index contributed by atoms with van der Waals surface area (Å²) in [7, 11) is 1.63. The third-order valence-electron chi connectivity index (χ3n) is 5.34. The minimum atomic E-state index is -0.215. The predicted octanol–water partition coefficient (Wildman–Crippen LogP) is 1.38. The van der Waals surface area contributed by atoms with Crippen LogP contribution in [0, 0.1) is 12.8 Å². The predicted molar refractivity (Wildman–Crippen MR) is 119 cm³/mol. The van der Waals surface area contributed by atoms with Crippen LogP contribution in [0.1, 0.15) is 25.1 Å². The molecule has 0 aliphatic carbocycles. The molecular weight excluding hydrogens is 416 g/mol. The summed E-state index contributed by atoms with van der Waals surface area (Å²) >= 11 is 1.35. The maximum Gasteiger partial charge on any atom is 0.230 e. The molecule has 1 unspecified atom stereocenters. The second kappa shape index (κ2) is 11.1. The van der Waals surface area contributed by atoms with E-state index in [0.717, 1.165) is 56.2 Å². The number of likely N-dealkylation sites (tertiary alicyclic amines) is 1. The number of nitrogens with two attached hydrogens (primary N) is 1. The summed E-state index contributed by atoms with van der Waals surface area (Å²) in [5.41, 5.74) is 6.34. The van der Waals surface area contributed by atoms with E-state index >= 15 is 0 Å². The van der Waals surface area contributed by atoms with Gasteiger partial charge >= 0.3 is 0 Å². The Bertz CT molecular complexity index is 886. The zero-order valence-electron chi connectivity index (χ0n) is 18.0. The van der Waals surface area contributed by atoms with Gasteiger partial charge in [-0.1, -0.05) is 11.8 Å². The maximum absolute atomic E-state index is 12.3. The summed E-state index contributed by atoms with van der Waals surface area (Å²) < 4.78 is 7.12. The number of hydrogen-bond acceptors (Lipinski definition) is 7. The third kappa shape index (κ3) is 6.44. The van der Waals surface area contributed by atoms with Crippen LogP contribution in [0.15, 0.2) is 29.4 Å². The highest BCUT2D eigenvalue weighted by Gasteiger charge is 2.23. The normalized spacial score (nSPS) is 16.8. The third-order valence-corrected chi connectivity index (χ3v) is 6.27. The number of ether oxygens (including phenoxy) is 1. The van der Waals surface area contributed by atoms with Gasteiger partial charge in [-0.25, -0.2) is 0 Å². The van der Waals surface area contributed by atoms with Crippen molar-refractivity contribution in [2.24, 2.45) is 11.7 Å². The molecule has 0 bridgehead atoms. The first kappa shape index (κ1) is 23.1. The molecule has 2 aromatic rings. The molecule has 1 aromatic heterocycles. The zero-order chi connectivity index (χ0) is 22.2. The summed E-state index contributed by atoms with van der Waals surface area (Å²) in [6, 6.07) is 7.62. The number of primary amides is 1. The first-order valence-electron chi connectivity index (χ1n) is 10.5. The number of nitrogens with zero attached hydrogens (tertiary/aromatic N) is 4. The Hall–Kier alpha value is -2.59. The van der Waals surface area contributed by atoms with E-state index in [1.807, 2.05) is 35.8 Å². The average Bonchev–Trinajstić information content (AvgIpc) is 3.15. The molecule has 1 fully saturated rings. The molecule has 1 saturated heterocycles. The van der Waals surface area contributed by atoms with Gasteiger partial charge in [0.2, 0.25) is 11.8 Å². The molecule has 168 valence electrons. The zero-order valence-corrected chi connectivity index (χ0v) is 18.9. The number of nitrogens with one attached hydrogen (secondary N) is 1. The molecule has 1 aliphatic rings. The van der Waals surface area contributed by atoms with Crippen molar-refractivity contribution in [2.45, 2.75) is 31.3 Å². The van der Waals surface area contributed by atoms with Gasteiger partial charge in [0.05, 0.1) is 18.8 Å². The Labute approximate surface area is 186 Å². The number of hydrogen-bond donors (Lipinski definition) is 2. The van der Waals surface area contributed by atoms with Gasteiger partial charge in [-0.2, -0.15) is 0 Å². The number of amides is 2. The Morgan fingerprint density at radius 3 is 2.77 bits per heavy atom. The first-order chi connectivity index (χ1) is 15.0. The molecule has 2 heterocycles. The van der Waals surface area contributed by atoms with Gasteiger partial charge in [-0.3, -0.25) is 14.2 Å². The van der Waals surface area contributed by atoms with Crippen LogP contribution < -0.4 is 15.8 Å². The minimum Gasteiger partial charge on any atom is -0.497 e. The molecule has 2 amide bonds. The van der Waals surface area contributed by atoms with E-state index in [4.69, 9.17) is 10.5 Å². The van der Waals surface area contributed by atoms with Gasteiger partial charge < -0.3 is 20.7 Å². The van der Waals surface area contributed by atoms with Crippen molar-refractivity contribution < 1.29 is 14.3 Å². The van der Waals surface area contributed by atoms with E-state index in [0.29, 0.717) is 11.7 Å². The molecule has 0 radical (unpaired) electrons. The summed E-state index contributed by atoms with van der Waals surface area (Å²) in [6.45, 7) is 5.03. The molecule has 3 N–H and O–H groups in total. The molecule has 1 aromatic carbocycles. The van der Waals surface area contributed by atoms with Crippen molar-refractivity contribution in [3.63, 3.8) is 0 Å². The maximum atomic E-state index is 12.3. The first-order valence-corrected chi connectivity index (χ1v) is 11.4. The number of piperidine rings is 1. The molecule has 31 heavy (non-hydrogen) atoms. The Morgan fingerprint density at radius 1 is 1.29 bits per heavy atom. The Kier molecular flexibility index (Phi) is 8.30. The SMILES string of the molecule is COc1ccc(-n2c(C)nnc2SCC(=O)NCCCN2CCCC(C(N)=O)C2)cc1. The second-order valence-electron chi connectivity index (χ2n) is 7.60. The molecular formula is C21H30N6O3S.